The van der Waals surface area contributed by atoms with Gasteiger partial charge >= 0.3 is 0 Å². The first-order valence-electron chi connectivity index (χ1n) is 20.8. The van der Waals surface area contributed by atoms with Gasteiger partial charge in [0.15, 0.2) is 17.3 Å². The maximum absolute atomic E-state index is 14.5. The molecule has 314 valence electrons. The van der Waals surface area contributed by atoms with Gasteiger partial charge < -0.3 is 36.9 Å². The highest BCUT2D eigenvalue weighted by atomic mass is 16.5. The molecule has 12 heteroatoms. The number of amides is 2. The molecular weight excluding hydrogens is 735 g/mol. The van der Waals surface area contributed by atoms with Gasteiger partial charge in [-0.2, -0.15) is 0 Å². The van der Waals surface area contributed by atoms with E-state index >= 15 is 0 Å². The number of benzene rings is 3. The number of Topliss-reactive ketones (excluding diaryl/α,β-unsaturated/α-hetero) is 3. The lowest BCUT2D eigenvalue weighted by Crippen LogP contribution is -2.45. The van der Waals surface area contributed by atoms with E-state index in [1.807, 2.05) is 24.3 Å². The Hall–Kier alpha value is -4.91. The molecule has 0 aromatic heterocycles. The highest BCUT2D eigenvalue weighted by molar-refractivity contribution is 6.00. The van der Waals surface area contributed by atoms with E-state index in [2.05, 4.69) is 12.2 Å². The van der Waals surface area contributed by atoms with Crippen molar-refractivity contribution in [3.8, 4) is 22.6 Å². The van der Waals surface area contributed by atoms with Crippen molar-refractivity contribution in [3.05, 3.63) is 82.9 Å². The zero-order valence-corrected chi connectivity index (χ0v) is 34.7. The Kier molecular flexibility index (Phi) is 18.1. The van der Waals surface area contributed by atoms with Crippen LogP contribution in [0, 0.1) is 11.8 Å². The van der Waals surface area contributed by atoms with E-state index in [0.29, 0.717) is 33.8 Å². The zero-order valence-electron chi connectivity index (χ0n) is 34.7. The minimum atomic E-state index is -1.17. The second-order valence-corrected chi connectivity index (χ2v) is 15.4. The fraction of sp³-hybridized carbons (Fsp3) is 0.500. The number of nitrogens with one attached hydrogen (secondary N) is 1. The highest BCUT2D eigenvalue weighted by Crippen LogP contribution is 2.40. The van der Waals surface area contributed by atoms with Gasteiger partial charge in [0.05, 0.1) is 12.0 Å². The fourth-order valence-corrected chi connectivity index (χ4v) is 7.40. The molecular formula is C46H63N5O7. The molecule has 1 aliphatic rings. The molecule has 4 bridgehead atoms. The molecule has 0 aliphatic carbocycles. The Morgan fingerprint density at radius 3 is 2.07 bits per heavy atom. The number of aryl methyl sites for hydroxylation is 1. The van der Waals surface area contributed by atoms with Crippen LogP contribution in [0.5, 0.6) is 11.5 Å². The quantitative estimate of drug-likeness (QED) is 0.0837. The van der Waals surface area contributed by atoms with Crippen LogP contribution < -0.4 is 32.0 Å². The van der Waals surface area contributed by atoms with Crippen molar-refractivity contribution in [1.82, 2.24) is 10.2 Å². The van der Waals surface area contributed by atoms with Crippen molar-refractivity contribution in [2.24, 2.45) is 29.0 Å². The standard InChI is InChI=1S/C46H63N5O7/c1-5-6-7-8-9-10-11-32-12-15-34(16-13-32)40(53)28-36(29-49)46(56)51(4)44-35-17-19-43(58-23-21-48)38(27-35)37-25-33(14-18-42(37)57-22-20-47)26-39(31(3)52)50-45(55)30(2)24-41(44)54/h12-19,25,27,30,36,39,44H,5-11,20-24,26,28-29,47-49H2,1-4H3,(H,50,55)/t30-,36+,39+,44+/m1/s1. The van der Waals surface area contributed by atoms with Crippen LogP contribution in [0.15, 0.2) is 60.7 Å². The number of nitrogens with two attached hydrogens (primary N) is 3. The maximum Gasteiger partial charge on any atom is 0.228 e. The van der Waals surface area contributed by atoms with Crippen LogP contribution in [0.3, 0.4) is 0 Å². The molecule has 0 unspecified atom stereocenters. The number of unbranched alkanes of at least 4 members (excludes halogenated alkanes) is 5. The van der Waals surface area contributed by atoms with Crippen molar-refractivity contribution >= 4 is 29.2 Å². The van der Waals surface area contributed by atoms with Gasteiger partial charge in [-0.1, -0.05) is 82.3 Å². The lowest BCUT2D eigenvalue weighted by molar-refractivity contribution is -0.142. The summed E-state index contributed by atoms with van der Waals surface area (Å²) in [5, 5.41) is 2.84. The molecule has 3 aromatic rings. The number of ether oxygens (including phenoxy) is 2. The van der Waals surface area contributed by atoms with E-state index in [4.69, 9.17) is 26.7 Å². The van der Waals surface area contributed by atoms with Crippen LogP contribution in [0.25, 0.3) is 11.1 Å². The van der Waals surface area contributed by atoms with Gasteiger partial charge in [-0.05, 0) is 67.1 Å². The van der Waals surface area contributed by atoms with Crippen molar-refractivity contribution < 1.29 is 33.4 Å². The monoisotopic (exact) mass is 797 g/mol. The van der Waals surface area contributed by atoms with Gasteiger partial charge in [-0.15, -0.1) is 0 Å². The summed E-state index contributed by atoms with van der Waals surface area (Å²) in [7, 11) is 1.52. The van der Waals surface area contributed by atoms with Crippen LogP contribution in [0.2, 0.25) is 0 Å². The topological polar surface area (TPSA) is 197 Å². The lowest BCUT2D eigenvalue weighted by Gasteiger charge is -2.32. The number of hydrogen-bond acceptors (Lipinski definition) is 10. The molecule has 1 heterocycles. The number of carbonyl (C=O) groups excluding carboxylic acids is 5. The molecule has 0 spiro atoms. The largest absolute Gasteiger partial charge is 0.492 e. The molecule has 4 atom stereocenters. The van der Waals surface area contributed by atoms with Crippen molar-refractivity contribution in [1.29, 1.82) is 0 Å². The molecule has 58 heavy (non-hydrogen) atoms. The first kappa shape index (κ1) is 45.8. The predicted octanol–water partition coefficient (Wildman–Crippen LogP) is 5.50. The highest BCUT2D eigenvalue weighted by Gasteiger charge is 2.36. The fourth-order valence-electron chi connectivity index (χ4n) is 7.40. The number of nitrogens with zero attached hydrogens (tertiary/aromatic N) is 1. The van der Waals surface area contributed by atoms with Gasteiger partial charge in [0.25, 0.3) is 0 Å². The van der Waals surface area contributed by atoms with Gasteiger partial charge in [0, 0.05) is 62.1 Å². The number of carbonyl (C=O) groups is 5. The van der Waals surface area contributed by atoms with Crippen LogP contribution in [-0.2, 0) is 32.0 Å². The third kappa shape index (κ3) is 12.5. The van der Waals surface area contributed by atoms with E-state index in [1.165, 1.54) is 51.0 Å². The van der Waals surface area contributed by atoms with Gasteiger partial charge in [-0.25, -0.2) is 0 Å². The molecule has 0 saturated carbocycles. The Morgan fingerprint density at radius 1 is 0.828 bits per heavy atom. The van der Waals surface area contributed by atoms with E-state index in [9.17, 15) is 24.0 Å². The Balaban J connectivity index is 1.71. The van der Waals surface area contributed by atoms with Crippen molar-refractivity contribution in [2.45, 2.75) is 97.1 Å². The van der Waals surface area contributed by atoms with Gasteiger partial charge in [0.1, 0.15) is 30.8 Å². The summed E-state index contributed by atoms with van der Waals surface area (Å²) >= 11 is 0. The molecule has 3 aromatic carbocycles. The van der Waals surface area contributed by atoms with Crippen LogP contribution >= 0.6 is 0 Å². The lowest BCUT2D eigenvalue weighted by atomic mass is 9.88. The SMILES string of the molecule is CCCCCCCCc1ccc(C(=O)C[C@@H](CN)C(=O)N(C)[C@@H]2C(=O)C[C@@H](C)C(=O)N[C@H](C(C)=O)Cc3ccc(OCCN)c(c3)-c3cc2ccc3OCCN)cc1. The molecule has 4 rings (SSSR count). The molecule has 0 saturated heterocycles. The minimum Gasteiger partial charge on any atom is -0.492 e. The number of ketones is 3. The Morgan fingerprint density at radius 2 is 1.45 bits per heavy atom. The first-order valence-corrected chi connectivity index (χ1v) is 20.8. The molecule has 0 radical (unpaired) electrons. The second-order valence-electron chi connectivity index (χ2n) is 15.4. The summed E-state index contributed by atoms with van der Waals surface area (Å²) in [6.45, 7) is 6.04. The van der Waals surface area contributed by atoms with E-state index < -0.39 is 41.5 Å². The molecule has 2 amide bonds. The Labute approximate surface area is 343 Å². The van der Waals surface area contributed by atoms with E-state index in [1.54, 1.807) is 43.3 Å². The third-order valence-corrected chi connectivity index (χ3v) is 10.8. The molecule has 0 fully saturated rings. The number of fused-ring (bicyclic) bond motifs is 5. The summed E-state index contributed by atoms with van der Waals surface area (Å²) in [6, 6.07) is 16.2. The number of rotatable bonds is 20. The Bertz CT molecular complexity index is 1860. The van der Waals surface area contributed by atoms with Crippen molar-refractivity contribution in [3.63, 3.8) is 0 Å². The van der Waals surface area contributed by atoms with Crippen molar-refractivity contribution in [2.75, 3.05) is 39.9 Å². The van der Waals surface area contributed by atoms with E-state index in [-0.39, 0.29) is 63.7 Å². The second kappa shape index (κ2) is 22.9. The average Bonchev–Trinajstić information content (AvgIpc) is 3.22. The van der Waals surface area contributed by atoms with Crippen LogP contribution in [-0.4, -0.2) is 80.0 Å². The smallest absolute Gasteiger partial charge is 0.228 e. The maximum atomic E-state index is 14.5. The molecule has 1 aliphatic heterocycles. The third-order valence-electron chi connectivity index (χ3n) is 10.8. The number of hydrogen-bond donors (Lipinski definition) is 4. The summed E-state index contributed by atoms with van der Waals surface area (Å²) in [5.41, 5.74) is 21.8. The minimum absolute atomic E-state index is 0.122. The molecule has 12 nitrogen and oxygen atoms in total. The summed E-state index contributed by atoms with van der Waals surface area (Å²) < 4.78 is 12.2. The molecule has 7 N–H and O–H groups in total. The predicted molar refractivity (Wildman–Crippen MR) is 227 cm³/mol. The van der Waals surface area contributed by atoms with Gasteiger partial charge in [-0.3, -0.25) is 24.0 Å². The normalized spacial score (nSPS) is 17.5. The zero-order chi connectivity index (χ0) is 42.2. The van der Waals surface area contributed by atoms with Crippen LogP contribution in [0.1, 0.15) is 105 Å². The van der Waals surface area contributed by atoms with Crippen LogP contribution in [0.4, 0.5) is 0 Å². The first-order chi connectivity index (χ1) is 27.9. The summed E-state index contributed by atoms with van der Waals surface area (Å²) in [6.07, 6.45) is 8.00. The summed E-state index contributed by atoms with van der Waals surface area (Å²) in [4.78, 5) is 70.0. The van der Waals surface area contributed by atoms with E-state index in [0.717, 1.165) is 24.0 Å². The summed E-state index contributed by atoms with van der Waals surface area (Å²) in [5.74, 6) is -2.62. The average molecular weight is 798 g/mol. The number of likely N-dealkylation sites (N-methyl/N-ethyl adjacent to an activating group) is 1. The van der Waals surface area contributed by atoms with Gasteiger partial charge in [0.2, 0.25) is 11.8 Å².